The minimum Gasteiger partial charge on any atom is -0.378 e. The van der Waals surface area contributed by atoms with E-state index >= 15 is 0 Å². The van der Waals surface area contributed by atoms with Crippen LogP contribution in [0.15, 0.2) is 16.6 Å². The van der Waals surface area contributed by atoms with Crippen LogP contribution in [0, 0.1) is 6.92 Å². The van der Waals surface area contributed by atoms with E-state index in [9.17, 15) is 0 Å². The van der Waals surface area contributed by atoms with E-state index < -0.39 is 0 Å². The van der Waals surface area contributed by atoms with E-state index in [1.54, 1.807) is 0 Å². The van der Waals surface area contributed by atoms with Crippen molar-refractivity contribution >= 4 is 27.5 Å². The molecule has 1 fully saturated rings. The highest BCUT2D eigenvalue weighted by atomic mass is 79.9. The molecule has 0 radical (unpaired) electrons. The normalized spacial score (nSPS) is 16.7. The molecule has 0 N–H and O–H groups in total. The van der Waals surface area contributed by atoms with Gasteiger partial charge in [0.25, 0.3) is 0 Å². The third-order valence-electron chi connectivity index (χ3n) is 2.96. The molecule has 6 heteroatoms. The van der Waals surface area contributed by atoms with Crippen LogP contribution in [0.2, 0.25) is 0 Å². The third kappa shape index (κ3) is 1.91. The summed E-state index contributed by atoms with van der Waals surface area (Å²) in [5.74, 6) is 0.787. The third-order valence-corrected chi connectivity index (χ3v) is 3.80. The van der Waals surface area contributed by atoms with E-state index in [1.165, 1.54) is 0 Å². The summed E-state index contributed by atoms with van der Waals surface area (Å²) in [7, 11) is 0. The Hall–Kier alpha value is -1.14. The Kier molecular flexibility index (Phi) is 2.76. The molecule has 0 saturated carbocycles. The van der Waals surface area contributed by atoms with Crippen molar-refractivity contribution in [2.75, 3.05) is 31.2 Å². The number of halogens is 1. The van der Waals surface area contributed by atoms with Crippen LogP contribution in [-0.2, 0) is 4.74 Å². The number of hydrogen-bond donors (Lipinski definition) is 0. The number of anilines is 1. The van der Waals surface area contributed by atoms with Crippen molar-refractivity contribution in [3.63, 3.8) is 0 Å². The van der Waals surface area contributed by atoms with E-state index in [4.69, 9.17) is 4.74 Å². The molecule has 0 spiro atoms. The molecule has 90 valence electrons. The zero-order valence-corrected chi connectivity index (χ0v) is 11.1. The second-order valence-corrected chi connectivity index (χ2v) is 4.90. The van der Waals surface area contributed by atoms with Gasteiger partial charge in [-0.05, 0) is 35.0 Å². The Bertz CT molecular complexity index is 548. The zero-order chi connectivity index (χ0) is 11.8. The molecule has 1 aliphatic rings. The zero-order valence-electron chi connectivity index (χ0n) is 9.56. The standard InChI is InChI=1S/C11H13BrN4O/c1-8-9(12)2-3-10-13-11(14-16(8)10)15-4-6-17-7-5-15/h2-3H,4-7H2,1H3. The average Bonchev–Trinajstić information content (AvgIpc) is 2.80. The van der Waals surface area contributed by atoms with E-state index in [0.717, 1.165) is 48.1 Å². The summed E-state index contributed by atoms with van der Waals surface area (Å²) in [5.41, 5.74) is 1.95. The molecular formula is C11H13BrN4O. The Labute approximate surface area is 108 Å². The first-order chi connectivity index (χ1) is 8.25. The fourth-order valence-electron chi connectivity index (χ4n) is 1.93. The van der Waals surface area contributed by atoms with Gasteiger partial charge >= 0.3 is 0 Å². The summed E-state index contributed by atoms with van der Waals surface area (Å²) in [5, 5.41) is 4.54. The minimum atomic E-state index is 0.748. The van der Waals surface area contributed by atoms with Crippen molar-refractivity contribution in [2.45, 2.75) is 6.92 Å². The minimum absolute atomic E-state index is 0.748. The van der Waals surface area contributed by atoms with Gasteiger partial charge in [-0.25, -0.2) is 4.52 Å². The van der Waals surface area contributed by atoms with Gasteiger partial charge in [0.2, 0.25) is 5.95 Å². The van der Waals surface area contributed by atoms with Crippen LogP contribution in [0.3, 0.4) is 0 Å². The van der Waals surface area contributed by atoms with Crippen LogP contribution in [0.1, 0.15) is 5.69 Å². The maximum atomic E-state index is 5.33. The Balaban J connectivity index is 2.04. The maximum Gasteiger partial charge on any atom is 0.245 e. The first-order valence-corrected chi connectivity index (χ1v) is 6.39. The van der Waals surface area contributed by atoms with Gasteiger partial charge < -0.3 is 9.64 Å². The molecule has 1 saturated heterocycles. The van der Waals surface area contributed by atoms with Gasteiger partial charge in [0.1, 0.15) is 0 Å². The summed E-state index contributed by atoms with van der Waals surface area (Å²) in [6.07, 6.45) is 0. The lowest BCUT2D eigenvalue weighted by molar-refractivity contribution is 0.122. The summed E-state index contributed by atoms with van der Waals surface area (Å²) in [4.78, 5) is 6.70. The lowest BCUT2D eigenvalue weighted by Crippen LogP contribution is -2.36. The number of ether oxygens (including phenoxy) is 1. The van der Waals surface area contributed by atoms with E-state index in [1.807, 2.05) is 23.6 Å². The number of morpholine rings is 1. The van der Waals surface area contributed by atoms with Crippen molar-refractivity contribution in [2.24, 2.45) is 0 Å². The van der Waals surface area contributed by atoms with Gasteiger partial charge in [0.05, 0.1) is 18.9 Å². The Morgan fingerprint density at radius 3 is 2.82 bits per heavy atom. The highest BCUT2D eigenvalue weighted by molar-refractivity contribution is 9.10. The fourth-order valence-corrected chi connectivity index (χ4v) is 2.23. The molecule has 0 atom stereocenters. The summed E-state index contributed by atoms with van der Waals surface area (Å²) >= 11 is 3.50. The molecule has 5 nitrogen and oxygen atoms in total. The van der Waals surface area contributed by atoms with E-state index in [0.29, 0.717) is 0 Å². The van der Waals surface area contributed by atoms with Crippen molar-refractivity contribution in [3.05, 3.63) is 22.3 Å². The lowest BCUT2D eigenvalue weighted by atomic mass is 10.4. The molecule has 17 heavy (non-hydrogen) atoms. The molecule has 3 heterocycles. The van der Waals surface area contributed by atoms with Crippen molar-refractivity contribution < 1.29 is 4.74 Å². The molecule has 0 bridgehead atoms. The monoisotopic (exact) mass is 296 g/mol. The molecule has 2 aromatic heterocycles. The first-order valence-electron chi connectivity index (χ1n) is 5.60. The fraction of sp³-hybridized carbons (Fsp3) is 0.455. The van der Waals surface area contributed by atoms with Crippen molar-refractivity contribution in [1.29, 1.82) is 0 Å². The van der Waals surface area contributed by atoms with Crippen LogP contribution in [-0.4, -0.2) is 40.9 Å². The Morgan fingerprint density at radius 2 is 2.06 bits per heavy atom. The highest BCUT2D eigenvalue weighted by Gasteiger charge is 2.16. The predicted octanol–water partition coefficient (Wildman–Crippen LogP) is 1.64. The molecule has 2 aromatic rings. The number of pyridine rings is 1. The topological polar surface area (TPSA) is 42.7 Å². The second kappa shape index (κ2) is 4.27. The van der Waals surface area contributed by atoms with Crippen molar-refractivity contribution in [3.8, 4) is 0 Å². The Morgan fingerprint density at radius 1 is 1.29 bits per heavy atom. The van der Waals surface area contributed by atoms with E-state index in [2.05, 4.69) is 30.9 Å². The molecule has 0 aliphatic carbocycles. The lowest BCUT2D eigenvalue weighted by Gasteiger charge is -2.25. The van der Waals surface area contributed by atoms with Crippen LogP contribution in [0.25, 0.3) is 5.65 Å². The molecule has 3 rings (SSSR count). The number of fused-ring (bicyclic) bond motifs is 1. The number of aryl methyl sites for hydroxylation is 1. The number of hydrogen-bond acceptors (Lipinski definition) is 4. The average molecular weight is 297 g/mol. The van der Waals surface area contributed by atoms with Gasteiger partial charge in [-0.1, -0.05) is 0 Å². The largest absolute Gasteiger partial charge is 0.378 e. The quantitative estimate of drug-likeness (QED) is 0.802. The molecule has 0 aromatic carbocycles. The van der Waals surface area contributed by atoms with Crippen LogP contribution in [0.4, 0.5) is 5.95 Å². The van der Waals surface area contributed by atoms with Gasteiger partial charge in [-0.2, -0.15) is 4.98 Å². The predicted molar refractivity (Wildman–Crippen MR) is 68.5 cm³/mol. The molecule has 0 amide bonds. The van der Waals surface area contributed by atoms with Crippen LogP contribution >= 0.6 is 15.9 Å². The molecule has 1 aliphatic heterocycles. The molecule has 0 unspecified atom stereocenters. The van der Waals surface area contributed by atoms with Gasteiger partial charge in [0.15, 0.2) is 5.65 Å². The smallest absolute Gasteiger partial charge is 0.245 e. The van der Waals surface area contributed by atoms with Crippen LogP contribution in [0.5, 0.6) is 0 Å². The SMILES string of the molecule is Cc1c(Br)ccc2nc(N3CCOCC3)nn12. The van der Waals surface area contributed by atoms with Gasteiger partial charge in [-0.3, -0.25) is 0 Å². The number of aromatic nitrogens is 3. The summed E-state index contributed by atoms with van der Waals surface area (Å²) in [6, 6.07) is 3.97. The molecular weight excluding hydrogens is 284 g/mol. The van der Waals surface area contributed by atoms with Gasteiger partial charge in [-0.15, -0.1) is 5.10 Å². The maximum absolute atomic E-state index is 5.33. The number of rotatable bonds is 1. The van der Waals surface area contributed by atoms with E-state index in [-0.39, 0.29) is 0 Å². The second-order valence-electron chi connectivity index (χ2n) is 4.05. The number of nitrogens with zero attached hydrogens (tertiary/aromatic N) is 4. The van der Waals surface area contributed by atoms with Gasteiger partial charge in [0, 0.05) is 17.6 Å². The summed E-state index contributed by atoms with van der Waals surface area (Å²) in [6.45, 7) is 5.24. The van der Waals surface area contributed by atoms with Crippen LogP contribution < -0.4 is 4.90 Å². The van der Waals surface area contributed by atoms with Crippen molar-refractivity contribution in [1.82, 2.24) is 14.6 Å². The first kappa shape index (κ1) is 11.0. The highest BCUT2D eigenvalue weighted by Crippen LogP contribution is 2.19. The summed E-state index contributed by atoms with van der Waals surface area (Å²) < 4.78 is 8.24.